The molecule has 0 amide bonds. The molecule has 0 saturated carbocycles. The van der Waals surface area contributed by atoms with Gasteiger partial charge in [-0.1, -0.05) is 50.6 Å². The van der Waals surface area contributed by atoms with E-state index < -0.39 is 24.0 Å². The van der Waals surface area contributed by atoms with Gasteiger partial charge in [0.15, 0.2) is 6.17 Å². The Bertz CT molecular complexity index is 1210. The molecular formula is C32H35FO7. The van der Waals surface area contributed by atoms with E-state index in [1.807, 2.05) is 19.1 Å². The van der Waals surface area contributed by atoms with E-state index >= 15 is 0 Å². The molecule has 7 nitrogen and oxygen atoms in total. The number of benzene rings is 3. The molecule has 0 unspecified atom stereocenters. The van der Waals surface area contributed by atoms with Crippen molar-refractivity contribution < 1.29 is 37.7 Å². The van der Waals surface area contributed by atoms with Crippen LogP contribution in [0.5, 0.6) is 17.2 Å². The summed E-state index contributed by atoms with van der Waals surface area (Å²) in [7, 11) is 0. The van der Waals surface area contributed by atoms with Gasteiger partial charge in [-0.3, -0.25) is 0 Å². The van der Waals surface area contributed by atoms with E-state index in [-0.39, 0.29) is 5.75 Å². The van der Waals surface area contributed by atoms with Gasteiger partial charge in [0.2, 0.25) is 0 Å². The number of alkyl halides is 1. The van der Waals surface area contributed by atoms with E-state index in [9.17, 15) is 14.0 Å². The highest BCUT2D eigenvalue weighted by atomic mass is 19.1. The smallest absolute Gasteiger partial charge is 0.346 e. The van der Waals surface area contributed by atoms with Gasteiger partial charge in [0.25, 0.3) is 0 Å². The minimum atomic E-state index is -1.66. The number of hydrogen-bond acceptors (Lipinski definition) is 7. The van der Waals surface area contributed by atoms with Crippen LogP contribution in [0.4, 0.5) is 4.39 Å². The molecule has 0 saturated heterocycles. The summed E-state index contributed by atoms with van der Waals surface area (Å²) in [4.78, 5) is 24.5. The van der Waals surface area contributed by atoms with Gasteiger partial charge in [-0.05, 0) is 65.6 Å². The lowest BCUT2D eigenvalue weighted by Gasteiger charge is -2.13. The van der Waals surface area contributed by atoms with E-state index in [1.165, 1.54) is 0 Å². The van der Waals surface area contributed by atoms with Gasteiger partial charge >= 0.3 is 11.9 Å². The fourth-order valence-electron chi connectivity index (χ4n) is 3.50. The molecule has 0 bridgehead atoms. The van der Waals surface area contributed by atoms with E-state index in [4.69, 9.17) is 23.7 Å². The number of carbonyl (C=O) groups is 2. The largest absolute Gasteiger partial charge is 0.491 e. The molecule has 3 aromatic rings. The highest BCUT2D eigenvalue weighted by Gasteiger charge is 2.25. The van der Waals surface area contributed by atoms with Crippen LogP contribution in [0, 0.1) is 5.92 Å². The van der Waals surface area contributed by atoms with Gasteiger partial charge in [-0.15, -0.1) is 6.58 Å². The summed E-state index contributed by atoms with van der Waals surface area (Å²) < 4.78 is 41.0. The van der Waals surface area contributed by atoms with Crippen molar-refractivity contribution in [3.63, 3.8) is 0 Å². The van der Waals surface area contributed by atoms with Crippen LogP contribution < -0.4 is 14.2 Å². The zero-order chi connectivity index (χ0) is 28.7. The minimum Gasteiger partial charge on any atom is -0.491 e. The molecule has 0 fully saturated rings. The summed E-state index contributed by atoms with van der Waals surface area (Å²) in [6, 6.07) is 20.5. The first kappa shape index (κ1) is 30.5. The van der Waals surface area contributed by atoms with Crippen LogP contribution in [0.15, 0.2) is 85.5 Å². The number of hydrogen-bond donors (Lipinski definition) is 0. The SMILES string of the molecule is C=CCOCCOCCOc1ccc(C(=O)Oc2ccc(-c3ccc(OC(=O)[C@@H](F)[C@@H](C)CC)cc3)cc2)cc1. The van der Waals surface area contributed by atoms with Gasteiger partial charge < -0.3 is 23.7 Å². The first-order valence-electron chi connectivity index (χ1n) is 13.2. The van der Waals surface area contributed by atoms with Crippen LogP contribution in [-0.2, 0) is 14.3 Å². The molecule has 0 aromatic heterocycles. The van der Waals surface area contributed by atoms with Crippen LogP contribution in [0.1, 0.15) is 30.6 Å². The van der Waals surface area contributed by atoms with Crippen LogP contribution in [0.3, 0.4) is 0 Å². The Morgan fingerprint density at radius 3 is 1.88 bits per heavy atom. The van der Waals surface area contributed by atoms with Crippen LogP contribution >= 0.6 is 0 Å². The summed E-state index contributed by atoms with van der Waals surface area (Å²) in [6.45, 7) is 9.35. The van der Waals surface area contributed by atoms with E-state index in [2.05, 4.69) is 6.58 Å². The molecule has 0 aliphatic rings. The Morgan fingerprint density at radius 2 is 1.30 bits per heavy atom. The summed E-state index contributed by atoms with van der Waals surface area (Å²) in [6.07, 6.45) is 0.575. The first-order chi connectivity index (χ1) is 19.4. The normalized spacial score (nSPS) is 12.3. The molecule has 3 rings (SSSR count). The van der Waals surface area contributed by atoms with Gasteiger partial charge in [0.05, 0.1) is 32.0 Å². The standard InChI is InChI=1S/C32H35FO7/c1-4-18-36-19-20-37-21-22-38-27-12-10-26(11-13-27)31(34)39-28-14-6-24(7-15-28)25-8-16-29(17-9-25)40-32(35)30(33)23(3)5-2/h4,6-17,23,30H,1,5,18-22H2,2-3H3/t23-,30-/m0/s1. The molecule has 0 heterocycles. The quantitative estimate of drug-likeness (QED) is 0.0876. The predicted octanol–water partition coefficient (Wildman–Crippen LogP) is 6.46. The summed E-state index contributed by atoms with van der Waals surface area (Å²) in [5, 5.41) is 0. The van der Waals surface area contributed by atoms with Crippen molar-refractivity contribution in [2.45, 2.75) is 26.4 Å². The van der Waals surface area contributed by atoms with Crippen LogP contribution in [0.2, 0.25) is 0 Å². The zero-order valence-electron chi connectivity index (χ0n) is 22.8. The van der Waals surface area contributed by atoms with Crippen molar-refractivity contribution in [3.05, 3.63) is 91.0 Å². The lowest BCUT2D eigenvalue weighted by atomic mass is 10.0. The number of ether oxygens (including phenoxy) is 5. The molecule has 0 radical (unpaired) electrons. The van der Waals surface area contributed by atoms with Crippen molar-refractivity contribution in [2.24, 2.45) is 5.92 Å². The highest BCUT2D eigenvalue weighted by molar-refractivity contribution is 5.91. The lowest BCUT2D eigenvalue weighted by molar-refractivity contribution is -0.141. The van der Waals surface area contributed by atoms with Crippen molar-refractivity contribution in [1.29, 1.82) is 0 Å². The molecule has 2 atom stereocenters. The number of carbonyl (C=O) groups excluding carboxylic acids is 2. The molecule has 3 aromatic carbocycles. The van der Waals surface area contributed by atoms with E-state index in [0.717, 1.165) is 11.1 Å². The van der Waals surface area contributed by atoms with Crippen molar-refractivity contribution in [2.75, 3.05) is 33.0 Å². The maximum absolute atomic E-state index is 14.1. The van der Waals surface area contributed by atoms with Crippen molar-refractivity contribution in [3.8, 4) is 28.4 Å². The third-order valence-corrected chi connectivity index (χ3v) is 6.03. The predicted molar refractivity (Wildman–Crippen MR) is 151 cm³/mol. The van der Waals surface area contributed by atoms with Gasteiger partial charge in [-0.25, -0.2) is 14.0 Å². The second-order valence-electron chi connectivity index (χ2n) is 9.00. The van der Waals surface area contributed by atoms with E-state index in [0.29, 0.717) is 56.5 Å². The summed E-state index contributed by atoms with van der Waals surface area (Å²) in [5.41, 5.74) is 2.12. The monoisotopic (exact) mass is 550 g/mol. The topological polar surface area (TPSA) is 80.3 Å². The number of esters is 2. The third-order valence-electron chi connectivity index (χ3n) is 6.03. The maximum Gasteiger partial charge on any atom is 0.346 e. The Morgan fingerprint density at radius 1 is 0.775 bits per heavy atom. The fourth-order valence-corrected chi connectivity index (χ4v) is 3.50. The average molecular weight is 551 g/mol. The van der Waals surface area contributed by atoms with Gasteiger partial charge in [0, 0.05) is 0 Å². The fraction of sp³-hybridized carbons (Fsp3) is 0.312. The second-order valence-corrected chi connectivity index (χ2v) is 9.00. The molecule has 8 heteroatoms. The molecule has 40 heavy (non-hydrogen) atoms. The molecular weight excluding hydrogens is 515 g/mol. The molecule has 212 valence electrons. The highest BCUT2D eigenvalue weighted by Crippen LogP contribution is 2.26. The van der Waals surface area contributed by atoms with Crippen molar-refractivity contribution in [1.82, 2.24) is 0 Å². The Labute approximate surface area is 234 Å². The van der Waals surface area contributed by atoms with Gasteiger partial charge in [0.1, 0.15) is 23.9 Å². The second kappa shape index (κ2) is 16.2. The summed E-state index contributed by atoms with van der Waals surface area (Å²) in [5.74, 6) is -0.484. The number of halogens is 1. The molecule has 0 aliphatic carbocycles. The van der Waals surface area contributed by atoms with Crippen LogP contribution in [-0.4, -0.2) is 51.1 Å². The maximum atomic E-state index is 14.1. The van der Waals surface area contributed by atoms with Crippen LogP contribution in [0.25, 0.3) is 11.1 Å². The zero-order valence-corrected chi connectivity index (χ0v) is 22.8. The molecule has 0 N–H and O–H groups in total. The average Bonchev–Trinajstić information content (AvgIpc) is 2.98. The lowest BCUT2D eigenvalue weighted by Crippen LogP contribution is -2.27. The minimum absolute atomic E-state index is 0.278. The Balaban J connectivity index is 1.45. The van der Waals surface area contributed by atoms with E-state index in [1.54, 1.807) is 73.7 Å². The number of rotatable bonds is 16. The van der Waals surface area contributed by atoms with Gasteiger partial charge in [-0.2, -0.15) is 0 Å². The first-order valence-corrected chi connectivity index (χ1v) is 13.2. The Kier molecular flexibility index (Phi) is 12.3. The van der Waals surface area contributed by atoms with Crippen molar-refractivity contribution >= 4 is 11.9 Å². The Hall–Kier alpha value is -4.01. The molecule has 0 aliphatic heterocycles. The summed E-state index contributed by atoms with van der Waals surface area (Å²) >= 11 is 0. The third kappa shape index (κ3) is 9.63. The molecule has 0 spiro atoms.